The van der Waals surface area contributed by atoms with Crippen LogP contribution < -0.4 is 0 Å². The average Bonchev–Trinajstić information content (AvgIpc) is 2.35. The van der Waals surface area contributed by atoms with E-state index in [0.717, 1.165) is 12.4 Å². The maximum Gasteiger partial charge on any atom is 0.215 e. The number of carbonyl (C=O) groups is 1. The van der Waals surface area contributed by atoms with Crippen molar-refractivity contribution >= 4 is 5.78 Å². The summed E-state index contributed by atoms with van der Waals surface area (Å²) >= 11 is 0. The Bertz CT molecular complexity index is 573. The largest absolute Gasteiger partial charge is 0.288 e. The number of hydrogen-bond acceptors (Lipinski definition) is 3. The molecule has 0 atom stereocenters. The molecular weight excluding hydrogens is 238 g/mol. The summed E-state index contributed by atoms with van der Waals surface area (Å²) in [5.74, 6) is -1.58. The van der Waals surface area contributed by atoms with Gasteiger partial charge in [0.05, 0.1) is 0 Å². The highest BCUT2D eigenvalue weighted by molar-refractivity contribution is 6.08. The molecule has 92 valence electrons. The van der Waals surface area contributed by atoms with E-state index >= 15 is 0 Å². The predicted octanol–water partition coefficient (Wildman–Crippen LogP) is 2.60. The van der Waals surface area contributed by atoms with E-state index in [0.29, 0.717) is 0 Å². The lowest BCUT2D eigenvalue weighted by Gasteiger charge is -2.03. The summed E-state index contributed by atoms with van der Waals surface area (Å²) in [6.07, 6.45) is 2.31. The third kappa shape index (κ3) is 2.25. The first kappa shape index (κ1) is 12.3. The Morgan fingerprint density at radius 1 is 0.944 bits per heavy atom. The van der Waals surface area contributed by atoms with Crippen molar-refractivity contribution in [2.24, 2.45) is 0 Å². The molecule has 0 radical (unpaired) electrons. The number of nitrogens with zero attached hydrogens (tertiary/aromatic N) is 2. The molecule has 0 aliphatic rings. The summed E-state index contributed by atoms with van der Waals surface area (Å²) in [5.41, 5.74) is 1.07. The molecule has 2 rings (SSSR count). The minimum atomic E-state index is -0.611. The Morgan fingerprint density at radius 3 is 1.67 bits per heavy atom. The van der Waals surface area contributed by atoms with Gasteiger partial charge in [-0.05, 0) is 26.0 Å². The van der Waals surface area contributed by atoms with Crippen molar-refractivity contribution in [2.45, 2.75) is 13.8 Å². The first-order valence-corrected chi connectivity index (χ1v) is 5.28. The van der Waals surface area contributed by atoms with E-state index in [1.54, 1.807) is 0 Å². The second kappa shape index (κ2) is 4.60. The summed E-state index contributed by atoms with van der Waals surface area (Å²) in [4.78, 5) is 19.0. The van der Waals surface area contributed by atoms with Gasteiger partial charge in [-0.25, -0.2) is 9.97 Å². The third-order valence-corrected chi connectivity index (χ3v) is 2.55. The highest BCUT2D eigenvalue weighted by Gasteiger charge is 2.13. The van der Waals surface area contributed by atoms with Crippen LogP contribution in [0.2, 0.25) is 0 Å². The molecule has 0 spiro atoms. The molecule has 0 N–H and O–H groups in total. The highest BCUT2D eigenvalue weighted by atomic mass is 19.1. The smallest absolute Gasteiger partial charge is 0.215 e. The summed E-state index contributed by atoms with van der Waals surface area (Å²) in [6, 6.07) is 2.81. The number of halogens is 2. The van der Waals surface area contributed by atoms with Crippen LogP contribution >= 0.6 is 0 Å². The van der Waals surface area contributed by atoms with Crippen LogP contribution in [0, 0.1) is 25.7 Å². The van der Waals surface area contributed by atoms with E-state index < -0.39 is 11.9 Å². The third-order valence-electron chi connectivity index (χ3n) is 2.55. The van der Waals surface area contributed by atoms with Crippen molar-refractivity contribution in [3.05, 3.63) is 58.7 Å². The second-order valence-electron chi connectivity index (χ2n) is 3.99. The standard InChI is InChI=1S/C13H10F2N2O/c1-7-3-9(5-16-12(7)14)11(18)10-4-8(2)13(15)17-6-10/h3-6H,1-2H3. The van der Waals surface area contributed by atoms with Crippen molar-refractivity contribution in [2.75, 3.05) is 0 Å². The number of carbonyl (C=O) groups excluding carboxylic acids is 1. The molecule has 2 aromatic heterocycles. The molecule has 2 aromatic rings. The topological polar surface area (TPSA) is 42.9 Å². The molecule has 0 saturated heterocycles. The van der Waals surface area contributed by atoms with Gasteiger partial charge >= 0.3 is 0 Å². The van der Waals surface area contributed by atoms with E-state index in [2.05, 4.69) is 9.97 Å². The fraction of sp³-hybridized carbons (Fsp3) is 0.154. The number of ketones is 1. The van der Waals surface area contributed by atoms with Crippen LogP contribution in [0.1, 0.15) is 27.0 Å². The number of rotatable bonds is 2. The van der Waals surface area contributed by atoms with Crippen molar-refractivity contribution in [1.82, 2.24) is 9.97 Å². The van der Waals surface area contributed by atoms with Crippen LogP contribution in [0.5, 0.6) is 0 Å². The monoisotopic (exact) mass is 248 g/mol. The van der Waals surface area contributed by atoms with Crippen LogP contribution in [0.4, 0.5) is 8.78 Å². The Balaban J connectivity index is 2.41. The molecule has 0 aromatic carbocycles. The van der Waals surface area contributed by atoms with Gasteiger partial charge in [-0.1, -0.05) is 0 Å². The lowest BCUT2D eigenvalue weighted by molar-refractivity contribution is 0.103. The fourth-order valence-corrected chi connectivity index (χ4v) is 1.53. The number of hydrogen-bond donors (Lipinski definition) is 0. The van der Waals surface area contributed by atoms with Crippen LogP contribution in [0.25, 0.3) is 0 Å². The predicted molar refractivity (Wildman–Crippen MR) is 61.3 cm³/mol. The SMILES string of the molecule is Cc1cc(C(=O)c2cnc(F)c(C)c2)cnc1F. The lowest BCUT2D eigenvalue weighted by Crippen LogP contribution is -2.05. The summed E-state index contributed by atoms with van der Waals surface area (Å²) in [6.45, 7) is 3.04. The molecule has 18 heavy (non-hydrogen) atoms. The fourth-order valence-electron chi connectivity index (χ4n) is 1.53. The molecule has 0 aliphatic carbocycles. The zero-order valence-electron chi connectivity index (χ0n) is 9.87. The maximum atomic E-state index is 13.0. The number of aryl methyl sites for hydroxylation is 2. The van der Waals surface area contributed by atoms with E-state index in [4.69, 9.17) is 0 Å². The van der Waals surface area contributed by atoms with Gasteiger partial charge in [0.15, 0.2) is 5.78 Å². The summed E-state index contributed by atoms with van der Waals surface area (Å²) in [5, 5.41) is 0. The van der Waals surface area contributed by atoms with Gasteiger partial charge in [0.2, 0.25) is 11.9 Å². The number of pyridine rings is 2. The molecule has 0 fully saturated rings. The minimum absolute atomic E-state index is 0.252. The molecule has 0 saturated carbocycles. The van der Waals surface area contributed by atoms with E-state index in [1.165, 1.54) is 26.0 Å². The first-order valence-electron chi connectivity index (χ1n) is 5.28. The van der Waals surface area contributed by atoms with Crippen molar-refractivity contribution < 1.29 is 13.6 Å². The van der Waals surface area contributed by atoms with Crippen LogP contribution in [0.15, 0.2) is 24.5 Å². The minimum Gasteiger partial charge on any atom is -0.288 e. The normalized spacial score (nSPS) is 10.4. The second-order valence-corrected chi connectivity index (χ2v) is 3.99. The van der Waals surface area contributed by atoms with Gasteiger partial charge in [0, 0.05) is 34.6 Å². The van der Waals surface area contributed by atoms with E-state index in [9.17, 15) is 13.6 Å². The van der Waals surface area contributed by atoms with Crippen LogP contribution in [-0.2, 0) is 0 Å². The summed E-state index contributed by atoms with van der Waals surface area (Å²) < 4.78 is 26.0. The Hall–Kier alpha value is -2.17. The van der Waals surface area contributed by atoms with Gasteiger partial charge < -0.3 is 0 Å². The van der Waals surface area contributed by atoms with Crippen molar-refractivity contribution in [3.63, 3.8) is 0 Å². The van der Waals surface area contributed by atoms with Gasteiger partial charge in [0.1, 0.15) is 0 Å². The maximum absolute atomic E-state index is 13.0. The van der Waals surface area contributed by atoms with Crippen LogP contribution in [-0.4, -0.2) is 15.8 Å². The lowest BCUT2D eigenvalue weighted by atomic mass is 10.0. The molecule has 0 amide bonds. The van der Waals surface area contributed by atoms with E-state index in [-0.39, 0.29) is 28.0 Å². The molecular formula is C13H10F2N2O. The molecule has 0 bridgehead atoms. The molecule has 3 nitrogen and oxygen atoms in total. The van der Waals surface area contributed by atoms with Gasteiger partial charge in [-0.2, -0.15) is 8.78 Å². The van der Waals surface area contributed by atoms with Crippen LogP contribution in [0.3, 0.4) is 0 Å². The average molecular weight is 248 g/mol. The highest BCUT2D eigenvalue weighted by Crippen LogP contribution is 2.13. The molecule has 0 unspecified atom stereocenters. The van der Waals surface area contributed by atoms with Crippen molar-refractivity contribution in [3.8, 4) is 0 Å². The molecule has 2 heterocycles. The summed E-state index contributed by atoms with van der Waals surface area (Å²) in [7, 11) is 0. The van der Waals surface area contributed by atoms with Gasteiger partial charge in [-0.15, -0.1) is 0 Å². The molecule has 5 heteroatoms. The number of aromatic nitrogens is 2. The van der Waals surface area contributed by atoms with Crippen molar-refractivity contribution in [1.29, 1.82) is 0 Å². The molecule has 0 aliphatic heterocycles. The van der Waals surface area contributed by atoms with Gasteiger partial charge in [0.25, 0.3) is 0 Å². The first-order chi connectivity index (χ1) is 8.49. The van der Waals surface area contributed by atoms with Gasteiger partial charge in [-0.3, -0.25) is 4.79 Å². The zero-order valence-corrected chi connectivity index (χ0v) is 9.87. The zero-order chi connectivity index (χ0) is 13.3. The Morgan fingerprint density at radius 2 is 1.33 bits per heavy atom. The quantitative estimate of drug-likeness (QED) is 0.606. The van der Waals surface area contributed by atoms with E-state index in [1.807, 2.05) is 0 Å². The Kier molecular flexibility index (Phi) is 3.14. The Labute approximate surface area is 103 Å².